The van der Waals surface area contributed by atoms with Crippen molar-refractivity contribution in [2.45, 2.75) is 19.3 Å². The van der Waals surface area contributed by atoms with Crippen LogP contribution in [0.3, 0.4) is 0 Å². The Bertz CT molecular complexity index is 1320. The standard InChI is InChI=1S/C24H23ClN4O2/c1-28-14-16(13-26-28)22-23(30)19-11-18(20(25)12-21(19)27-24(22)31)15-5-7-17(8-6-15)29-9-3-2-4-10-29/h5-8,11-14H,2-4,9-10H2,1H3,(H2,27,30,31). The topological polar surface area (TPSA) is 74.2 Å². The number of aromatic nitrogens is 3. The van der Waals surface area contributed by atoms with E-state index in [2.05, 4.69) is 39.2 Å². The fraction of sp³-hybridized carbons (Fsp3) is 0.250. The van der Waals surface area contributed by atoms with Crippen LogP contribution in [0.4, 0.5) is 5.69 Å². The maximum Gasteiger partial charge on any atom is 0.260 e. The summed E-state index contributed by atoms with van der Waals surface area (Å²) in [5, 5.41) is 16.1. The van der Waals surface area contributed by atoms with Gasteiger partial charge in [-0.05, 0) is 49.1 Å². The highest BCUT2D eigenvalue weighted by Crippen LogP contribution is 2.38. The van der Waals surface area contributed by atoms with Crippen molar-refractivity contribution in [3.8, 4) is 28.0 Å². The Kier molecular flexibility index (Phi) is 4.94. The number of hydrogen-bond donors (Lipinski definition) is 2. The van der Waals surface area contributed by atoms with Gasteiger partial charge in [0, 0.05) is 48.5 Å². The number of hydrogen-bond acceptors (Lipinski definition) is 4. The highest BCUT2D eigenvalue weighted by molar-refractivity contribution is 6.34. The number of halogens is 1. The van der Waals surface area contributed by atoms with E-state index >= 15 is 0 Å². The monoisotopic (exact) mass is 434 g/mol. The molecule has 0 spiro atoms. The van der Waals surface area contributed by atoms with Gasteiger partial charge in [-0.25, -0.2) is 0 Å². The number of nitrogens with one attached hydrogen (secondary N) is 1. The third kappa shape index (κ3) is 3.57. The second-order valence-corrected chi connectivity index (χ2v) is 8.46. The molecule has 0 bridgehead atoms. The summed E-state index contributed by atoms with van der Waals surface area (Å²) < 4.78 is 1.59. The van der Waals surface area contributed by atoms with E-state index < -0.39 is 0 Å². The van der Waals surface area contributed by atoms with Gasteiger partial charge in [-0.15, -0.1) is 0 Å². The van der Waals surface area contributed by atoms with Crippen LogP contribution in [-0.2, 0) is 7.05 Å². The van der Waals surface area contributed by atoms with Crippen LogP contribution in [0.2, 0.25) is 5.02 Å². The number of piperidine rings is 1. The largest absolute Gasteiger partial charge is 0.506 e. The molecule has 0 atom stereocenters. The van der Waals surface area contributed by atoms with Crippen molar-refractivity contribution in [1.29, 1.82) is 0 Å². The first kappa shape index (κ1) is 19.7. The number of aromatic hydroxyl groups is 1. The summed E-state index contributed by atoms with van der Waals surface area (Å²) in [4.78, 5) is 17.9. The van der Waals surface area contributed by atoms with Gasteiger partial charge in [-0.2, -0.15) is 5.10 Å². The molecule has 0 amide bonds. The van der Waals surface area contributed by atoms with Crippen LogP contribution < -0.4 is 10.5 Å². The van der Waals surface area contributed by atoms with Gasteiger partial charge in [0.05, 0.1) is 22.3 Å². The highest BCUT2D eigenvalue weighted by atomic mass is 35.5. The average Bonchev–Trinajstić information content (AvgIpc) is 3.20. The first-order chi connectivity index (χ1) is 15.0. The predicted octanol–water partition coefficient (Wildman–Crippen LogP) is 4.94. The lowest BCUT2D eigenvalue weighted by Crippen LogP contribution is -2.29. The molecule has 2 N–H and O–H groups in total. The molecule has 0 unspecified atom stereocenters. The van der Waals surface area contributed by atoms with Crippen molar-refractivity contribution in [2.75, 3.05) is 18.0 Å². The van der Waals surface area contributed by atoms with Gasteiger partial charge in [0.2, 0.25) is 0 Å². The molecular weight excluding hydrogens is 412 g/mol. The fourth-order valence-corrected chi connectivity index (χ4v) is 4.62. The van der Waals surface area contributed by atoms with Crippen LogP contribution in [-0.4, -0.2) is 33.0 Å². The number of nitrogens with zero attached hydrogens (tertiary/aromatic N) is 3. The van der Waals surface area contributed by atoms with Gasteiger partial charge in [-0.3, -0.25) is 9.48 Å². The number of fused-ring (bicyclic) bond motifs is 1. The summed E-state index contributed by atoms with van der Waals surface area (Å²) in [5.41, 5.74) is 3.85. The fourth-order valence-electron chi connectivity index (χ4n) is 4.34. The molecule has 3 heterocycles. The van der Waals surface area contributed by atoms with E-state index in [4.69, 9.17) is 11.6 Å². The molecule has 4 aromatic rings. The van der Waals surface area contributed by atoms with E-state index in [1.54, 1.807) is 30.2 Å². The van der Waals surface area contributed by atoms with E-state index in [-0.39, 0.29) is 16.9 Å². The summed E-state index contributed by atoms with van der Waals surface area (Å²) in [7, 11) is 1.77. The molecule has 31 heavy (non-hydrogen) atoms. The van der Waals surface area contributed by atoms with Gasteiger partial charge in [0.15, 0.2) is 0 Å². The third-order valence-corrected chi connectivity index (χ3v) is 6.28. The Morgan fingerprint density at radius 2 is 1.81 bits per heavy atom. The molecule has 1 fully saturated rings. The van der Waals surface area contributed by atoms with Gasteiger partial charge in [0.1, 0.15) is 5.75 Å². The van der Waals surface area contributed by atoms with E-state index in [1.807, 2.05) is 6.07 Å². The zero-order chi connectivity index (χ0) is 21.5. The van der Waals surface area contributed by atoms with Crippen molar-refractivity contribution in [1.82, 2.24) is 14.8 Å². The highest BCUT2D eigenvalue weighted by Gasteiger charge is 2.18. The van der Waals surface area contributed by atoms with Crippen LogP contribution in [0.25, 0.3) is 33.2 Å². The van der Waals surface area contributed by atoms with Crippen LogP contribution in [0.5, 0.6) is 5.75 Å². The molecule has 1 aliphatic heterocycles. The minimum Gasteiger partial charge on any atom is -0.506 e. The molecule has 7 heteroatoms. The Morgan fingerprint density at radius 3 is 2.48 bits per heavy atom. The van der Waals surface area contributed by atoms with E-state index in [9.17, 15) is 9.90 Å². The maximum atomic E-state index is 12.6. The van der Waals surface area contributed by atoms with Crippen LogP contribution in [0.15, 0.2) is 53.6 Å². The summed E-state index contributed by atoms with van der Waals surface area (Å²) in [6.07, 6.45) is 7.02. The van der Waals surface area contributed by atoms with Crippen LogP contribution in [0.1, 0.15) is 19.3 Å². The van der Waals surface area contributed by atoms with E-state index in [0.717, 1.165) is 24.2 Å². The number of aryl methyl sites for hydroxylation is 1. The van der Waals surface area contributed by atoms with Gasteiger partial charge >= 0.3 is 0 Å². The number of aromatic amines is 1. The van der Waals surface area contributed by atoms with Crippen LogP contribution in [0, 0.1) is 0 Å². The molecule has 2 aromatic carbocycles. The minimum absolute atomic E-state index is 0.0744. The lowest BCUT2D eigenvalue weighted by molar-refractivity contribution is 0.482. The molecule has 0 aliphatic carbocycles. The number of benzene rings is 2. The summed E-state index contributed by atoms with van der Waals surface area (Å²) in [5.74, 6) is -0.0744. The molecule has 5 rings (SSSR count). The van der Waals surface area contributed by atoms with Crippen molar-refractivity contribution < 1.29 is 5.11 Å². The molecule has 2 aromatic heterocycles. The van der Waals surface area contributed by atoms with Gasteiger partial charge < -0.3 is 15.0 Å². The van der Waals surface area contributed by atoms with E-state index in [0.29, 0.717) is 21.5 Å². The second kappa shape index (κ2) is 7.78. The van der Waals surface area contributed by atoms with E-state index in [1.165, 1.54) is 24.9 Å². The SMILES string of the molecule is Cn1cc(-c2c(O)c3cc(-c4ccc(N5CCCCC5)cc4)c(Cl)cc3[nH]c2=O)cn1. The number of pyridine rings is 1. The summed E-state index contributed by atoms with van der Waals surface area (Å²) in [6, 6.07) is 11.9. The van der Waals surface area contributed by atoms with Crippen molar-refractivity contribution in [3.63, 3.8) is 0 Å². The van der Waals surface area contributed by atoms with Gasteiger partial charge in [-0.1, -0.05) is 23.7 Å². The zero-order valence-corrected chi connectivity index (χ0v) is 18.0. The zero-order valence-electron chi connectivity index (χ0n) is 17.2. The number of anilines is 1. The molecule has 0 radical (unpaired) electrons. The maximum absolute atomic E-state index is 12.6. The molecule has 0 saturated carbocycles. The Morgan fingerprint density at radius 1 is 1.06 bits per heavy atom. The summed E-state index contributed by atoms with van der Waals surface area (Å²) >= 11 is 6.56. The lowest BCUT2D eigenvalue weighted by Gasteiger charge is -2.28. The molecule has 1 aliphatic rings. The quantitative estimate of drug-likeness (QED) is 0.478. The average molecular weight is 435 g/mol. The first-order valence-corrected chi connectivity index (χ1v) is 10.8. The van der Waals surface area contributed by atoms with Crippen molar-refractivity contribution in [3.05, 3.63) is 64.2 Å². The molecule has 6 nitrogen and oxygen atoms in total. The predicted molar refractivity (Wildman–Crippen MR) is 125 cm³/mol. The number of rotatable bonds is 3. The van der Waals surface area contributed by atoms with Gasteiger partial charge in [0.25, 0.3) is 5.56 Å². The molecular formula is C24H23ClN4O2. The Balaban J connectivity index is 1.59. The first-order valence-electron chi connectivity index (χ1n) is 10.4. The third-order valence-electron chi connectivity index (χ3n) is 5.97. The van der Waals surface area contributed by atoms with Crippen LogP contribution >= 0.6 is 11.6 Å². The Labute approximate surface area is 184 Å². The molecule has 158 valence electrons. The van der Waals surface area contributed by atoms with Crippen molar-refractivity contribution in [2.24, 2.45) is 7.05 Å². The second-order valence-electron chi connectivity index (χ2n) is 8.05. The van der Waals surface area contributed by atoms with Crippen molar-refractivity contribution >= 4 is 28.2 Å². The Hall–Kier alpha value is -3.25. The normalized spacial score (nSPS) is 14.3. The lowest BCUT2D eigenvalue weighted by atomic mass is 10.00. The molecule has 1 saturated heterocycles. The number of H-pyrrole nitrogens is 1. The summed E-state index contributed by atoms with van der Waals surface area (Å²) in [6.45, 7) is 2.18. The minimum atomic E-state index is -0.382. The smallest absolute Gasteiger partial charge is 0.260 e.